The first-order valence-corrected chi connectivity index (χ1v) is 11.9. The van der Waals surface area contributed by atoms with Crippen molar-refractivity contribution in [1.29, 1.82) is 0 Å². The van der Waals surface area contributed by atoms with Gasteiger partial charge in [-0.3, -0.25) is 9.59 Å². The molecule has 5 heteroatoms. The van der Waals surface area contributed by atoms with Crippen LogP contribution in [0, 0.1) is 13.8 Å². The van der Waals surface area contributed by atoms with E-state index in [0.717, 1.165) is 16.0 Å². The van der Waals surface area contributed by atoms with E-state index >= 15 is 0 Å². The first kappa shape index (κ1) is 25.0. The van der Waals surface area contributed by atoms with Crippen molar-refractivity contribution in [3.05, 3.63) is 65.2 Å². The highest BCUT2D eigenvalue weighted by Crippen LogP contribution is 2.22. The van der Waals surface area contributed by atoms with E-state index in [2.05, 4.69) is 36.5 Å². The maximum atomic E-state index is 13.3. The van der Waals surface area contributed by atoms with Gasteiger partial charge in [-0.05, 0) is 64.3 Å². The normalized spacial score (nSPS) is 12.3. The third kappa shape index (κ3) is 8.06. The van der Waals surface area contributed by atoms with Gasteiger partial charge in [0.05, 0.1) is 0 Å². The first-order valence-electron chi connectivity index (χ1n) is 11.0. The third-order valence-electron chi connectivity index (χ3n) is 5.09. The van der Waals surface area contributed by atoms with Gasteiger partial charge in [0.2, 0.25) is 11.8 Å². The van der Waals surface area contributed by atoms with Gasteiger partial charge in [0.15, 0.2) is 0 Å². The highest BCUT2D eigenvalue weighted by atomic mass is 32.2. The predicted molar refractivity (Wildman–Crippen MR) is 130 cm³/mol. The maximum absolute atomic E-state index is 13.3. The monoisotopic (exact) mass is 440 g/mol. The van der Waals surface area contributed by atoms with E-state index in [9.17, 15) is 9.59 Å². The van der Waals surface area contributed by atoms with Crippen molar-refractivity contribution in [2.45, 2.75) is 77.4 Å². The Morgan fingerprint density at radius 2 is 1.68 bits per heavy atom. The summed E-state index contributed by atoms with van der Waals surface area (Å²) in [5.74, 6) is 0.602. The summed E-state index contributed by atoms with van der Waals surface area (Å²) in [6, 6.07) is 15.9. The van der Waals surface area contributed by atoms with Crippen LogP contribution in [-0.4, -0.2) is 34.0 Å². The number of hydrogen-bond acceptors (Lipinski definition) is 3. The van der Waals surface area contributed by atoms with Crippen LogP contribution in [0.5, 0.6) is 0 Å². The molecular formula is C26H36N2O2S. The number of nitrogens with one attached hydrogen (secondary N) is 1. The molecule has 0 fully saturated rings. The highest BCUT2D eigenvalue weighted by molar-refractivity contribution is 7.99. The summed E-state index contributed by atoms with van der Waals surface area (Å²) in [5, 5.41) is 3.06. The second-order valence-corrected chi connectivity index (χ2v) is 10.2. The van der Waals surface area contributed by atoms with Crippen LogP contribution in [0.4, 0.5) is 0 Å². The first-order chi connectivity index (χ1) is 14.6. The Kier molecular flexibility index (Phi) is 9.17. The smallest absolute Gasteiger partial charge is 0.243 e. The lowest BCUT2D eigenvalue weighted by Gasteiger charge is -2.33. The molecule has 0 heterocycles. The fraction of sp³-hybridized carbons (Fsp3) is 0.462. The van der Waals surface area contributed by atoms with Crippen molar-refractivity contribution < 1.29 is 9.59 Å². The number of hydrogen-bond donors (Lipinski definition) is 1. The average Bonchev–Trinajstić information content (AvgIpc) is 2.69. The van der Waals surface area contributed by atoms with Crippen molar-refractivity contribution in [2.75, 3.05) is 5.75 Å². The molecule has 0 aliphatic heterocycles. The van der Waals surface area contributed by atoms with Gasteiger partial charge in [0.25, 0.3) is 0 Å². The molecule has 0 radical (unpaired) electrons. The van der Waals surface area contributed by atoms with Crippen molar-refractivity contribution >= 4 is 23.6 Å². The van der Waals surface area contributed by atoms with Crippen LogP contribution in [0.25, 0.3) is 0 Å². The number of carbonyl (C=O) groups excluding carboxylic acids is 2. The zero-order chi connectivity index (χ0) is 23.0. The van der Waals surface area contributed by atoms with Gasteiger partial charge in [-0.15, -0.1) is 11.8 Å². The summed E-state index contributed by atoms with van der Waals surface area (Å²) < 4.78 is 0. The Balaban J connectivity index is 2.16. The number of rotatable bonds is 9. The molecule has 1 atom stereocenters. The van der Waals surface area contributed by atoms with Crippen molar-refractivity contribution in [3.8, 4) is 0 Å². The molecular weight excluding hydrogens is 404 g/mol. The lowest BCUT2D eigenvalue weighted by Crippen LogP contribution is -2.53. The van der Waals surface area contributed by atoms with E-state index in [1.807, 2.05) is 58.9 Å². The van der Waals surface area contributed by atoms with Gasteiger partial charge in [-0.2, -0.15) is 0 Å². The molecule has 4 nitrogen and oxygen atoms in total. The maximum Gasteiger partial charge on any atom is 0.243 e. The zero-order valence-electron chi connectivity index (χ0n) is 19.7. The summed E-state index contributed by atoms with van der Waals surface area (Å²) in [4.78, 5) is 29.3. The molecule has 168 valence electrons. The molecule has 0 aliphatic rings. The third-order valence-corrected chi connectivity index (χ3v) is 6.11. The van der Waals surface area contributed by atoms with Gasteiger partial charge >= 0.3 is 0 Å². The van der Waals surface area contributed by atoms with Gasteiger partial charge in [0.1, 0.15) is 6.04 Å². The van der Waals surface area contributed by atoms with Crippen molar-refractivity contribution in [1.82, 2.24) is 10.2 Å². The van der Waals surface area contributed by atoms with E-state index in [1.165, 1.54) is 5.56 Å². The summed E-state index contributed by atoms with van der Waals surface area (Å²) in [7, 11) is 0. The predicted octanol–water partition coefficient (Wildman–Crippen LogP) is 5.51. The molecule has 0 bridgehead atoms. The van der Waals surface area contributed by atoms with Gasteiger partial charge in [0, 0.05) is 29.2 Å². The highest BCUT2D eigenvalue weighted by Gasteiger charge is 2.30. The minimum absolute atomic E-state index is 0.0128. The molecule has 2 amide bonds. The Bertz CT molecular complexity index is 872. The molecule has 2 rings (SSSR count). The van der Waals surface area contributed by atoms with Gasteiger partial charge < -0.3 is 10.2 Å². The van der Waals surface area contributed by atoms with E-state index in [1.54, 1.807) is 16.7 Å². The largest absolute Gasteiger partial charge is 0.350 e. The van der Waals surface area contributed by atoms with Gasteiger partial charge in [-0.1, -0.05) is 48.9 Å². The zero-order valence-corrected chi connectivity index (χ0v) is 20.5. The lowest BCUT2D eigenvalue weighted by molar-refractivity contribution is -0.141. The lowest BCUT2D eigenvalue weighted by atomic mass is 10.0. The molecule has 31 heavy (non-hydrogen) atoms. The minimum Gasteiger partial charge on any atom is -0.350 e. The average molecular weight is 441 g/mol. The standard InChI is InChI=1S/C26H36N2O2S/c1-7-23(25(30)27-26(4,5)6)28(18-21-11-9-8-10-20(21)3)24(29)16-17-31-22-14-12-19(2)13-15-22/h8-15,23H,7,16-18H2,1-6H3,(H,27,30)/t23-/m1/s1. The number of nitrogens with zero attached hydrogens (tertiary/aromatic N) is 1. The quantitative estimate of drug-likeness (QED) is 0.523. The number of amides is 2. The van der Waals surface area contributed by atoms with Crippen LogP contribution < -0.4 is 5.32 Å². The molecule has 2 aromatic rings. The Labute approximate surface area is 191 Å². The molecule has 0 saturated heterocycles. The number of thioether (sulfide) groups is 1. The molecule has 0 spiro atoms. The fourth-order valence-corrected chi connectivity index (χ4v) is 4.22. The second kappa shape index (κ2) is 11.4. The van der Waals surface area contributed by atoms with E-state index in [0.29, 0.717) is 25.1 Å². The van der Waals surface area contributed by atoms with Crippen LogP contribution in [0.15, 0.2) is 53.4 Å². The Morgan fingerprint density at radius 1 is 1.03 bits per heavy atom. The summed E-state index contributed by atoms with van der Waals surface area (Å²) in [5.41, 5.74) is 3.08. The van der Waals surface area contributed by atoms with Gasteiger partial charge in [-0.25, -0.2) is 0 Å². The van der Waals surface area contributed by atoms with Crippen molar-refractivity contribution in [2.24, 2.45) is 0 Å². The Morgan fingerprint density at radius 3 is 2.26 bits per heavy atom. The molecule has 0 aromatic heterocycles. The van der Waals surface area contributed by atoms with E-state index in [4.69, 9.17) is 0 Å². The molecule has 0 aliphatic carbocycles. The van der Waals surface area contributed by atoms with Crippen LogP contribution in [0.1, 0.15) is 57.2 Å². The summed E-state index contributed by atoms with van der Waals surface area (Å²) in [6.07, 6.45) is 0.967. The molecule has 0 saturated carbocycles. The number of carbonyl (C=O) groups is 2. The topological polar surface area (TPSA) is 49.4 Å². The molecule has 1 N–H and O–H groups in total. The summed E-state index contributed by atoms with van der Waals surface area (Å²) in [6.45, 7) is 12.4. The van der Waals surface area contributed by atoms with Crippen LogP contribution in [0.2, 0.25) is 0 Å². The molecule has 2 aromatic carbocycles. The number of aryl methyl sites for hydroxylation is 2. The van der Waals surface area contributed by atoms with Crippen molar-refractivity contribution in [3.63, 3.8) is 0 Å². The van der Waals surface area contributed by atoms with Crippen LogP contribution >= 0.6 is 11.8 Å². The summed E-state index contributed by atoms with van der Waals surface area (Å²) >= 11 is 1.67. The van der Waals surface area contributed by atoms with E-state index < -0.39 is 6.04 Å². The minimum atomic E-state index is -0.490. The fourth-order valence-electron chi connectivity index (χ4n) is 3.38. The SMILES string of the molecule is CC[C@H](C(=O)NC(C)(C)C)N(Cc1ccccc1C)C(=O)CCSc1ccc(C)cc1. The van der Waals surface area contributed by atoms with E-state index in [-0.39, 0.29) is 17.4 Å². The van der Waals surface area contributed by atoms with Crippen LogP contribution in [0.3, 0.4) is 0 Å². The van der Waals surface area contributed by atoms with Crippen LogP contribution in [-0.2, 0) is 16.1 Å². The Hall–Kier alpha value is -2.27. The molecule has 0 unspecified atom stereocenters. The second-order valence-electron chi connectivity index (χ2n) is 9.02. The number of benzene rings is 2.